The SMILES string of the molecule is COc1cccc(CN(C)C(=O)NCC2(c3ccc4c(c3)OCO4)CC2)c1. The van der Waals surface area contributed by atoms with E-state index in [1.165, 1.54) is 5.56 Å². The smallest absolute Gasteiger partial charge is 0.317 e. The summed E-state index contributed by atoms with van der Waals surface area (Å²) in [5, 5.41) is 3.08. The van der Waals surface area contributed by atoms with Crippen molar-refractivity contribution in [1.82, 2.24) is 10.2 Å². The lowest BCUT2D eigenvalue weighted by molar-refractivity contribution is 0.174. The largest absolute Gasteiger partial charge is 0.497 e. The molecule has 2 amide bonds. The van der Waals surface area contributed by atoms with Gasteiger partial charge >= 0.3 is 6.03 Å². The molecule has 0 radical (unpaired) electrons. The first-order chi connectivity index (χ1) is 13.1. The summed E-state index contributed by atoms with van der Waals surface area (Å²) in [6.07, 6.45) is 2.12. The molecule has 0 spiro atoms. The van der Waals surface area contributed by atoms with Crippen LogP contribution in [0.2, 0.25) is 0 Å². The summed E-state index contributed by atoms with van der Waals surface area (Å²) >= 11 is 0. The Kier molecular flexibility index (Phi) is 4.56. The molecule has 27 heavy (non-hydrogen) atoms. The minimum atomic E-state index is -0.0789. The van der Waals surface area contributed by atoms with Crippen molar-refractivity contribution in [2.24, 2.45) is 0 Å². The molecule has 2 aromatic carbocycles. The molecule has 1 fully saturated rings. The van der Waals surface area contributed by atoms with E-state index in [9.17, 15) is 4.79 Å². The molecule has 2 aliphatic rings. The summed E-state index contributed by atoms with van der Waals surface area (Å²) in [5.74, 6) is 2.37. The lowest BCUT2D eigenvalue weighted by Gasteiger charge is -2.22. The Labute approximate surface area is 159 Å². The van der Waals surface area contributed by atoms with Crippen LogP contribution in [-0.2, 0) is 12.0 Å². The van der Waals surface area contributed by atoms with Crippen molar-refractivity contribution in [2.75, 3.05) is 27.5 Å². The molecule has 0 unspecified atom stereocenters. The number of nitrogens with zero attached hydrogens (tertiary/aromatic N) is 1. The lowest BCUT2D eigenvalue weighted by atomic mass is 9.95. The van der Waals surface area contributed by atoms with Crippen molar-refractivity contribution in [3.63, 3.8) is 0 Å². The number of nitrogens with one attached hydrogen (secondary N) is 1. The molecular weight excluding hydrogens is 344 g/mol. The molecule has 6 nitrogen and oxygen atoms in total. The minimum absolute atomic E-state index is 0.00739. The molecule has 1 aliphatic heterocycles. The summed E-state index contributed by atoms with van der Waals surface area (Å²) in [5.41, 5.74) is 2.24. The van der Waals surface area contributed by atoms with Gasteiger partial charge in [-0.2, -0.15) is 0 Å². The van der Waals surface area contributed by atoms with Gasteiger partial charge in [0.1, 0.15) is 5.75 Å². The third-order valence-corrected chi connectivity index (χ3v) is 5.32. The molecule has 4 rings (SSSR count). The van der Waals surface area contributed by atoms with Crippen LogP contribution in [0.4, 0.5) is 4.79 Å². The van der Waals surface area contributed by atoms with E-state index in [4.69, 9.17) is 14.2 Å². The van der Waals surface area contributed by atoms with E-state index in [1.54, 1.807) is 19.1 Å². The number of fused-ring (bicyclic) bond motifs is 1. The highest BCUT2D eigenvalue weighted by Gasteiger charge is 2.45. The fourth-order valence-electron chi connectivity index (χ4n) is 3.44. The number of benzene rings is 2. The van der Waals surface area contributed by atoms with Crippen LogP contribution in [-0.4, -0.2) is 38.4 Å². The normalized spacial score (nSPS) is 15.9. The first kappa shape index (κ1) is 17.5. The zero-order valence-electron chi connectivity index (χ0n) is 15.7. The van der Waals surface area contributed by atoms with Gasteiger partial charge in [-0.1, -0.05) is 18.2 Å². The lowest BCUT2D eigenvalue weighted by Crippen LogP contribution is -2.40. The molecular formula is C21H24N2O4. The number of carbonyl (C=O) groups is 1. The maximum absolute atomic E-state index is 12.5. The summed E-state index contributed by atoms with van der Waals surface area (Å²) < 4.78 is 16.1. The molecule has 1 N–H and O–H groups in total. The fourth-order valence-corrected chi connectivity index (χ4v) is 3.44. The highest BCUT2D eigenvalue weighted by atomic mass is 16.7. The number of hydrogen-bond donors (Lipinski definition) is 1. The quantitative estimate of drug-likeness (QED) is 0.850. The number of methoxy groups -OCH3 is 1. The Hall–Kier alpha value is -2.89. The van der Waals surface area contributed by atoms with Crippen LogP contribution in [0.15, 0.2) is 42.5 Å². The predicted molar refractivity (Wildman–Crippen MR) is 101 cm³/mol. The highest BCUT2D eigenvalue weighted by molar-refractivity contribution is 5.74. The Morgan fingerprint density at radius 3 is 2.78 bits per heavy atom. The first-order valence-electron chi connectivity index (χ1n) is 9.12. The number of carbonyl (C=O) groups excluding carboxylic acids is 1. The third-order valence-electron chi connectivity index (χ3n) is 5.32. The average molecular weight is 368 g/mol. The molecule has 2 aromatic rings. The maximum atomic E-state index is 12.5. The topological polar surface area (TPSA) is 60.0 Å². The van der Waals surface area contributed by atoms with Crippen LogP contribution in [0.3, 0.4) is 0 Å². The molecule has 1 aliphatic carbocycles. The van der Waals surface area contributed by atoms with Crippen LogP contribution < -0.4 is 19.5 Å². The van der Waals surface area contributed by atoms with Crippen LogP contribution in [0.5, 0.6) is 17.2 Å². The molecule has 1 saturated carbocycles. The second-order valence-corrected chi connectivity index (χ2v) is 7.21. The van der Waals surface area contributed by atoms with Gasteiger partial charge in [0.15, 0.2) is 11.5 Å². The van der Waals surface area contributed by atoms with Crippen LogP contribution >= 0.6 is 0 Å². The monoisotopic (exact) mass is 368 g/mol. The highest BCUT2D eigenvalue weighted by Crippen LogP contribution is 2.49. The zero-order chi connectivity index (χ0) is 18.9. The number of ether oxygens (including phenoxy) is 3. The number of hydrogen-bond acceptors (Lipinski definition) is 4. The van der Waals surface area contributed by atoms with E-state index in [-0.39, 0.29) is 18.2 Å². The molecule has 142 valence electrons. The van der Waals surface area contributed by atoms with E-state index < -0.39 is 0 Å². The van der Waals surface area contributed by atoms with Gasteiger partial charge in [-0.05, 0) is 48.2 Å². The number of amides is 2. The second-order valence-electron chi connectivity index (χ2n) is 7.21. The summed E-state index contributed by atoms with van der Waals surface area (Å²) in [4.78, 5) is 14.2. The summed E-state index contributed by atoms with van der Waals surface area (Å²) in [6, 6.07) is 13.7. The van der Waals surface area contributed by atoms with Crippen molar-refractivity contribution in [3.8, 4) is 17.2 Å². The Bertz CT molecular complexity index is 848. The molecule has 6 heteroatoms. The molecule has 1 heterocycles. The van der Waals surface area contributed by atoms with Gasteiger partial charge in [0.05, 0.1) is 7.11 Å². The van der Waals surface area contributed by atoms with Crippen LogP contribution in [0.25, 0.3) is 0 Å². The van der Waals surface area contributed by atoms with Gasteiger partial charge in [0.2, 0.25) is 6.79 Å². The van der Waals surface area contributed by atoms with Gasteiger partial charge in [0.25, 0.3) is 0 Å². The summed E-state index contributed by atoms with van der Waals surface area (Å²) in [6.45, 7) is 1.42. The van der Waals surface area contributed by atoms with Crippen LogP contribution in [0, 0.1) is 0 Å². The van der Waals surface area contributed by atoms with E-state index in [2.05, 4.69) is 11.4 Å². The van der Waals surface area contributed by atoms with Gasteiger partial charge in [0, 0.05) is 25.6 Å². The number of rotatable bonds is 6. The van der Waals surface area contributed by atoms with Crippen molar-refractivity contribution < 1.29 is 19.0 Å². The molecule has 0 aromatic heterocycles. The fraction of sp³-hybridized carbons (Fsp3) is 0.381. The van der Waals surface area contributed by atoms with Crippen molar-refractivity contribution in [3.05, 3.63) is 53.6 Å². The van der Waals surface area contributed by atoms with E-state index in [0.717, 1.165) is 35.7 Å². The minimum Gasteiger partial charge on any atom is -0.497 e. The van der Waals surface area contributed by atoms with Gasteiger partial charge in [-0.3, -0.25) is 0 Å². The van der Waals surface area contributed by atoms with E-state index in [1.807, 2.05) is 36.4 Å². The average Bonchev–Trinajstić information content (AvgIpc) is 3.34. The van der Waals surface area contributed by atoms with Crippen molar-refractivity contribution in [1.29, 1.82) is 0 Å². The standard InChI is InChI=1S/C21H24N2O4/c1-23(12-15-4-3-5-17(10-15)25-2)20(24)22-13-21(8-9-21)16-6-7-18-19(11-16)27-14-26-18/h3-7,10-11H,8-9,12-14H2,1-2H3,(H,22,24). The van der Waals surface area contributed by atoms with Crippen LogP contribution in [0.1, 0.15) is 24.0 Å². The third kappa shape index (κ3) is 3.65. The number of urea groups is 1. The Morgan fingerprint density at radius 2 is 2.00 bits per heavy atom. The second kappa shape index (κ2) is 7.02. The van der Waals surface area contributed by atoms with Crippen molar-refractivity contribution >= 4 is 6.03 Å². The van der Waals surface area contributed by atoms with E-state index in [0.29, 0.717) is 13.1 Å². The van der Waals surface area contributed by atoms with Crippen molar-refractivity contribution in [2.45, 2.75) is 24.8 Å². The predicted octanol–water partition coefficient (Wildman–Crippen LogP) is 3.30. The van der Waals surface area contributed by atoms with E-state index >= 15 is 0 Å². The molecule has 0 atom stereocenters. The summed E-state index contributed by atoms with van der Waals surface area (Å²) in [7, 11) is 3.44. The Morgan fingerprint density at radius 1 is 1.19 bits per heavy atom. The molecule has 0 bridgehead atoms. The van der Waals surface area contributed by atoms with Gasteiger partial charge < -0.3 is 24.4 Å². The Balaban J connectivity index is 1.35. The van der Waals surface area contributed by atoms with Gasteiger partial charge in [-0.15, -0.1) is 0 Å². The van der Waals surface area contributed by atoms with Gasteiger partial charge in [-0.25, -0.2) is 4.79 Å². The maximum Gasteiger partial charge on any atom is 0.317 e. The first-order valence-corrected chi connectivity index (χ1v) is 9.12. The zero-order valence-corrected chi connectivity index (χ0v) is 15.7. The molecule has 0 saturated heterocycles.